The minimum atomic E-state index is -2.68. The van der Waals surface area contributed by atoms with Crippen molar-refractivity contribution in [2.75, 3.05) is 0 Å². The normalized spacial score (nSPS) is 12.9. The zero-order chi connectivity index (χ0) is 9.30. The van der Waals surface area contributed by atoms with Crippen LogP contribution in [-0.2, 0) is 11.1 Å². The van der Waals surface area contributed by atoms with Gasteiger partial charge in [-0.3, -0.25) is 4.21 Å². The maximum atomic E-state index is 12.7. The summed E-state index contributed by atoms with van der Waals surface area (Å²) in [5.41, 5.74) is 0. The van der Waals surface area contributed by atoms with Gasteiger partial charge in [0, 0.05) is 6.07 Å². The molecule has 6 heteroatoms. The molecule has 0 fully saturated rings. The molecule has 0 spiro atoms. The van der Waals surface area contributed by atoms with Crippen molar-refractivity contribution in [3.63, 3.8) is 0 Å². The largest absolute Gasteiger partial charge is 0.768 e. The lowest BCUT2D eigenvalue weighted by Crippen LogP contribution is -1.93. The van der Waals surface area contributed by atoms with Crippen molar-refractivity contribution in [1.29, 1.82) is 0 Å². The lowest BCUT2D eigenvalue weighted by Gasteiger charge is -2.07. The number of hydrogen-bond donors (Lipinski definition) is 1. The number of phenolic OH excluding ortho intramolecular Hbond substituents is 1. The van der Waals surface area contributed by atoms with E-state index in [4.69, 9.17) is 16.7 Å². The fraction of sp³-hybridized carbons (Fsp3) is 0. The molecule has 0 aliphatic heterocycles. The molecule has 0 bridgehead atoms. The summed E-state index contributed by atoms with van der Waals surface area (Å²) in [6.45, 7) is 0. The Morgan fingerprint density at radius 3 is 2.67 bits per heavy atom. The summed E-state index contributed by atoms with van der Waals surface area (Å²) in [5, 5.41) is 8.63. The van der Waals surface area contributed by atoms with E-state index in [1.165, 1.54) is 0 Å². The van der Waals surface area contributed by atoms with E-state index in [0.29, 0.717) is 6.07 Å². The van der Waals surface area contributed by atoms with Gasteiger partial charge in [-0.1, -0.05) is 11.6 Å². The molecular formula is C6H3ClFO3S-. The Balaban J connectivity index is 3.33. The van der Waals surface area contributed by atoms with Crippen molar-refractivity contribution in [3.8, 4) is 5.75 Å². The summed E-state index contributed by atoms with van der Waals surface area (Å²) < 4.78 is 33.3. The fourth-order valence-corrected chi connectivity index (χ4v) is 1.31. The number of halogens is 2. The van der Waals surface area contributed by atoms with Gasteiger partial charge < -0.3 is 9.66 Å². The minimum Gasteiger partial charge on any atom is -0.768 e. The Morgan fingerprint density at radius 1 is 1.58 bits per heavy atom. The number of hydrogen-bond acceptors (Lipinski definition) is 3. The highest BCUT2D eigenvalue weighted by molar-refractivity contribution is 7.79. The monoisotopic (exact) mass is 209 g/mol. The third kappa shape index (κ3) is 1.74. The molecule has 3 nitrogen and oxygen atoms in total. The first-order valence-corrected chi connectivity index (χ1v) is 4.25. The standard InChI is InChI=1S/C6H4ClFO3S/c7-3-1-6(12(10)11)4(8)2-5(3)9/h1-2,9H,(H,10,11)/p-1. The Morgan fingerprint density at radius 2 is 2.17 bits per heavy atom. The molecule has 0 saturated carbocycles. The summed E-state index contributed by atoms with van der Waals surface area (Å²) in [5.74, 6) is -1.51. The van der Waals surface area contributed by atoms with Crippen LogP contribution in [0.1, 0.15) is 0 Å². The third-order valence-electron chi connectivity index (χ3n) is 1.18. The van der Waals surface area contributed by atoms with Crippen molar-refractivity contribution in [2.45, 2.75) is 4.90 Å². The van der Waals surface area contributed by atoms with Gasteiger partial charge in [0.2, 0.25) is 0 Å². The topological polar surface area (TPSA) is 60.4 Å². The molecule has 0 aromatic heterocycles. The summed E-state index contributed by atoms with van der Waals surface area (Å²) in [6, 6.07) is 1.49. The van der Waals surface area contributed by atoms with E-state index in [1.807, 2.05) is 0 Å². The molecule has 0 saturated heterocycles. The van der Waals surface area contributed by atoms with E-state index >= 15 is 0 Å². The van der Waals surface area contributed by atoms with E-state index in [-0.39, 0.29) is 5.02 Å². The Labute approximate surface area is 75.1 Å². The molecule has 0 amide bonds. The van der Waals surface area contributed by atoms with Crippen molar-refractivity contribution in [3.05, 3.63) is 23.0 Å². The van der Waals surface area contributed by atoms with Gasteiger partial charge in [-0.15, -0.1) is 0 Å². The summed E-state index contributed by atoms with van der Waals surface area (Å²) in [6.07, 6.45) is 0. The van der Waals surface area contributed by atoms with Crippen LogP contribution in [0, 0.1) is 5.82 Å². The molecule has 0 radical (unpaired) electrons. The van der Waals surface area contributed by atoms with Gasteiger partial charge in [0.15, 0.2) is 0 Å². The maximum Gasteiger partial charge on any atom is 0.141 e. The van der Waals surface area contributed by atoms with E-state index in [1.54, 1.807) is 0 Å². The average Bonchev–Trinajstić information content (AvgIpc) is 1.96. The number of phenols is 1. The summed E-state index contributed by atoms with van der Waals surface area (Å²) >= 11 is 2.66. The van der Waals surface area contributed by atoms with Crippen LogP contribution >= 0.6 is 11.6 Å². The molecule has 0 aliphatic rings. The molecule has 66 valence electrons. The van der Waals surface area contributed by atoms with E-state index in [0.717, 1.165) is 6.07 Å². The van der Waals surface area contributed by atoms with Crippen molar-refractivity contribution < 1.29 is 18.3 Å². The van der Waals surface area contributed by atoms with Gasteiger partial charge in [-0.2, -0.15) is 0 Å². The molecular weight excluding hydrogens is 207 g/mol. The van der Waals surface area contributed by atoms with Crippen molar-refractivity contribution >= 4 is 22.7 Å². The van der Waals surface area contributed by atoms with E-state index in [9.17, 15) is 13.2 Å². The Bertz CT molecular complexity index is 342. The molecule has 1 aromatic carbocycles. The van der Waals surface area contributed by atoms with Gasteiger partial charge in [0.05, 0.1) is 9.92 Å². The van der Waals surface area contributed by atoms with Crippen LogP contribution in [0.4, 0.5) is 4.39 Å². The maximum absolute atomic E-state index is 12.7. The molecule has 1 atom stereocenters. The van der Waals surface area contributed by atoms with E-state index < -0.39 is 27.5 Å². The van der Waals surface area contributed by atoms with Crippen LogP contribution in [0.25, 0.3) is 0 Å². The molecule has 12 heavy (non-hydrogen) atoms. The number of aromatic hydroxyl groups is 1. The van der Waals surface area contributed by atoms with Gasteiger partial charge >= 0.3 is 0 Å². The van der Waals surface area contributed by atoms with Crippen LogP contribution in [0.3, 0.4) is 0 Å². The predicted molar refractivity (Wildman–Crippen MR) is 40.3 cm³/mol. The van der Waals surface area contributed by atoms with Gasteiger partial charge in [-0.25, -0.2) is 4.39 Å². The number of rotatable bonds is 1. The second-order valence-electron chi connectivity index (χ2n) is 1.97. The van der Waals surface area contributed by atoms with Crippen LogP contribution in [0.2, 0.25) is 5.02 Å². The third-order valence-corrected chi connectivity index (χ3v) is 2.16. The first kappa shape index (κ1) is 9.44. The molecule has 1 aromatic rings. The van der Waals surface area contributed by atoms with Crippen molar-refractivity contribution in [1.82, 2.24) is 0 Å². The molecule has 1 rings (SSSR count). The molecule has 0 aliphatic carbocycles. The lowest BCUT2D eigenvalue weighted by molar-refractivity contribution is 0.465. The smallest absolute Gasteiger partial charge is 0.141 e. The highest BCUT2D eigenvalue weighted by atomic mass is 35.5. The highest BCUT2D eigenvalue weighted by Crippen LogP contribution is 2.27. The highest BCUT2D eigenvalue weighted by Gasteiger charge is 2.07. The second-order valence-corrected chi connectivity index (χ2v) is 3.29. The second kappa shape index (κ2) is 3.38. The molecule has 1 unspecified atom stereocenters. The van der Waals surface area contributed by atoms with Gasteiger partial charge in [-0.05, 0) is 17.1 Å². The Kier molecular flexibility index (Phi) is 2.66. The zero-order valence-corrected chi connectivity index (χ0v) is 7.16. The Hall–Kier alpha value is -0.650. The average molecular weight is 210 g/mol. The van der Waals surface area contributed by atoms with Crippen LogP contribution in [-0.4, -0.2) is 13.9 Å². The number of benzene rings is 1. The van der Waals surface area contributed by atoms with Gasteiger partial charge in [0.1, 0.15) is 11.6 Å². The first-order valence-electron chi connectivity index (χ1n) is 2.79. The first-order chi connectivity index (χ1) is 5.52. The van der Waals surface area contributed by atoms with Crippen LogP contribution in [0.15, 0.2) is 17.0 Å². The summed E-state index contributed by atoms with van der Waals surface area (Å²) in [7, 11) is 0. The molecule has 0 heterocycles. The van der Waals surface area contributed by atoms with Crippen LogP contribution in [0.5, 0.6) is 5.75 Å². The van der Waals surface area contributed by atoms with Crippen LogP contribution < -0.4 is 0 Å². The van der Waals surface area contributed by atoms with E-state index in [2.05, 4.69) is 0 Å². The summed E-state index contributed by atoms with van der Waals surface area (Å²) in [4.78, 5) is -0.558. The predicted octanol–water partition coefficient (Wildman–Crippen LogP) is 1.42. The van der Waals surface area contributed by atoms with Crippen molar-refractivity contribution in [2.24, 2.45) is 0 Å². The quantitative estimate of drug-likeness (QED) is 0.712. The fourth-order valence-electron chi connectivity index (χ4n) is 0.646. The van der Waals surface area contributed by atoms with Gasteiger partial charge in [0.25, 0.3) is 0 Å². The zero-order valence-electron chi connectivity index (χ0n) is 5.58. The SMILES string of the molecule is O=S([O-])c1cc(Cl)c(O)cc1F. The molecule has 1 N–H and O–H groups in total. The lowest BCUT2D eigenvalue weighted by atomic mass is 10.3. The minimum absolute atomic E-state index is 0.199.